The fourth-order valence-corrected chi connectivity index (χ4v) is 4.30. The Morgan fingerprint density at radius 2 is 1.79 bits per heavy atom. The standard InChI is InChI=1S/C22H26ClN5/c1-22(21-9-12-25-26-21,18-6-3-2-4-7-18)28-16-14-27(15-17-28)13-10-20-19(23)8-5-11-24-20/h2-9,11-12H,10,13-17H2,1H3,(H,25,26). The number of nitrogens with zero attached hydrogens (tertiary/aromatic N) is 4. The fraction of sp³-hybridized carbons (Fsp3) is 0.364. The molecule has 3 aromatic rings. The van der Waals surface area contributed by atoms with E-state index in [1.807, 2.05) is 24.5 Å². The van der Waals surface area contributed by atoms with Gasteiger partial charge in [0.1, 0.15) is 0 Å². The minimum atomic E-state index is -0.214. The first-order chi connectivity index (χ1) is 13.7. The molecule has 1 atom stereocenters. The van der Waals surface area contributed by atoms with Crippen LogP contribution in [0, 0.1) is 0 Å². The third-order valence-electron chi connectivity index (χ3n) is 5.87. The minimum Gasteiger partial charge on any atom is -0.300 e. The summed E-state index contributed by atoms with van der Waals surface area (Å²) in [5, 5.41) is 8.18. The monoisotopic (exact) mass is 395 g/mol. The summed E-state index contributed by atoms with van der Waals surface area (Å²) in [4.78, 5) is 9.47. The zero-order valence-corrected chi connectivity index (χ0v) is 16.9. The van der Waals surface area contributed by atoms with Gasteiger partial charge in [0.25, 0.3) is 0 Å². The van der Waals surface area contributed by atoms with Crippen LogP contribution < -0.4 is 0 Å². The first-order valence-electron chi connectivity index (χ1n) is 9.80. The Hall–Kier alpha value is -2.21. The molecule has 1 saturated heterocycles. The van der Waals surface area contributed by atoms with E-state index in [9.17, 15) is 0 Å². The lowest BCUT2D eigenvalue weighted by Crippen LogP contribution is -2.55. The first kappa shape index (κ1) is 19.1. The molecule has 0 amide bonds. The van der Waals surface area contributed by atoms with Gasteiger partial charge >= 0.3 is 0 Å². The molecule has 1 fully saturated rings. The number of piperazine rings is 1. The molecule has 0 saturated carbocycles. The summed E-state index contributed by atoms with van der Waals surface area (Å²) in [6.45, 7) is 7.33. The second kappa shape index (κ2) is 8.43. The van der Waals surface area contributed by atoms with Gasteiger partial charge in [0.2, 0.25) is 0 Å². The molecule has 1 aliphatic rings. The maximum absolute atomic E-state index is 6.25. The molecule has 2 aromatic heterocycles. The lowest BCUT2D eigenvalue weighted by Gasteiger charge is -2.45. The number of rotatable bonds is 6. The molecule has 28 heavy (non-hydrogen) atoms. The summed E-state index contributed by atoms with van der Waals surface area (Å²) in [5.41, 5.74) is 3.19. The number of aromatic nitrogens is 3. The van der Waals surface area contributed by atoms with Crippen molar-refractivity contribution >= 4 is 11.6 Å². The first-order valence-corrected chi connectivity index (χ1v) is 10.2. The van der Waals surface area contributed by atoms with E-state index in [4.69, 9.17) is 11.6 Å². The molecular weight excluding hydrogens is 370 g/mol. The summed E-state index contributed by atoms with van der Waals surface area (Å²) >= 11 is 6.25. The van der Waals surface area contributed by atoms with Crippen LogP contribution in [0.15, 0.2) is 60.9 Å². The molecule has 0 bridgehead atoms. The summed E-state index contributed by atoms with van der Waals surface area (Å²) < 4.78 is 0. The van der Waals surface area contributed by atoms with Crippen LogP contribution in [0.3, 0.4) is 0 Å². The Morgan fingerprint density at radius 1 is 1.00 bits per heavy atom. The molecule has 1 unspecified atom stereocenters. The molecule has 1 aliphatic heterocycles. The minimum absolute atomic E-state index is 0.214. The Kier molecular flexibility index (Phi) is 5.76. The molecule has 0 radical (unpaired) electrons. The van der Waals surface area contributed by atoms with Crippen LogP contribution in [0.1, 0.15) is 23.9 Å². The topological polar surface area (TPSA) is 48.1 Å². The SMILES string of the molecule is CC(c1ccccc1)(c1ccn[nH]1)N1CCN(CCc2ncccc2Cl)CC1. The summed E-state index contributed by atoms with van der Waals surface area (Å²) in [6.07, 6.45) is 4.54. The van der Waals surface area contributed by atoms with Gasteiger partial charge in [0, 0.05) is 51.5 Å². The highest BCUT2D eigenvalue weighted by Crippen LogP contribution is 2.35. The van der Waals surface area contributed by atoms with Gasteiger partial charge in [-0.05, 0) is 30.7 Å². The van der Waals surface area contributed by atoms with Crippen molar-refractivity contribution in [1.29, 1.82) is 0 Å². The maximum Gasteiger partial charge on any atom is 0.0855 e. The molecule has 0 spiro atoms. The van der Waals surface area contributed by atoms with Crippen molar-refractivity contribution in [3.8, 4) is 0 Å². The predicted molar refractivity (Wildman–Crippen MR) is 112 cm³/mol. The van der Waals surface area contributed by atoms with Gasteiger partial charge in [-0.1, -0.05) is 41.9 Å². The molecule has 4 rings (SSSR count). The molecular formula is C22H26ClN5. The lowest BCUT2D eigenvalue weighted by atomic mass is 9.86. The second-order valence-electron chi connectivity index (χ2n) is 7.42. The highest BCUT2D eigenvalue weighted by atomic mass is 35.5. The van der Waals surface area contributed by atoms with Crippen molar-refractivity contribution < 1.29 is 0 Å². The van der Waals surface area contributed by atoms with Crippen LogP contribution in [0.2, 0.25) is 5.02 Å². The lowest BCUT2D eigenvalue weighted by molar-refractivity contribution is 0.0605. The number of hydrogen-bond acceptors (Lipinski definition) is 4. The van der Waals surface area contributed by atoms with Crippen molar-refractivity contribution in [3.05, 3.63) is 82.9 Å². The van der Waals surface area contributed by atoms with E-state index in [2.05, 4.69) is 68.3 Å². The predicted octanol–water partition coefficient (Wildman–Crippen LogP) is 3.58. The zero-order valence-electron chi connectivity index (χ0n) is 16.2. The third-order valence-corrected chi connectivity index (χ3v) is 6.21. The Bertz CT molecular complexity index is 875. The molecule has 0 aliphatic carbocycles. The van der Waals surface area contributed by atoms with Gasteiger partial charge in [0.15, 0.2) is 0 Å². The maximum atomic E-state index is 6.25. The van der Waals surface area contributed by atoms with Gasteiger partial charge in [-0.15, -0.1) is 0 Å². The van der Waals surface area contributed by atoms with Crippen LogP contribution in [-0.2, 0) is 12.0 Å². The number of hydrogen-bond donors (Lipinski definition) is 1. The van der Waals surface area contributed by atoms with Crippen LogP contribution >= 0.6 is 11.6 Å². The van der Waals surface area contributed by atoms with E-state index in [1.165, 1.54) is 5.56 Å². The summed E-state index contributed by atoms with van der Waals surface area (Å²) in [7, 11) is 0. The molecule has 146 valence electrons. The van der Waals surface area contributed by atoms with E-state index in [0.29, 0.717) is 0 Å². The highest BCUT2D eigenvalue weighted by Gasteiger charge is 2.38. The molecule has 6 heteroatoms. The summed E-state index contributed by atoms with van der Waals surface area (Å²) in [6, 6.07) is 16.6. The molecule has 5 nitrogen and oxygen atoms in total. The molecule has 1 N–H and O–H groups in total. The highest BCUT2D eigenvalue weighted by molar-refractivity contribution is 6.31. The number of pyridine rings is 1. The Morgan fingerprint density at radius 3 is 2.46 bits per heavy atom. The number of halogens is 1. The fourth-order valence-electron chi connectivity index (χ4n) is 4.08. The van der Waals surface area contributed by atoms with Crippen LogP contribution in [0.4, 0.5) is 0 Å². The zero-order chi connectivity index (χ0) is 19.4. The van der Waals surface area contributed by atoms with Crippen molar-refractivity contribution in [3.63, 3.8) is 0 Å². The second-order valence-corrected chi connectivity index (χ2v) is 7.83. The Labute approximate surface area is 171 Å². The van der Waals surface area contributed by atoms with Crippen molar-refractivity contribution in [2.75, 3.05) is 32.7 Å². The van der Waals surface area contributed by atoms with Gasteiger partial charge < -0.3 is 4.90 Å². The van der Waals surface area contributed by atoms with E-state index >= 15 is 0 Å². The number of aromatic amines is 1. The van der Waals surface area contributed by atoms with E-state index in [1.54, 1.807) is 0 Å². The van der Waals surface area contributed by atoms with E-state index in [0.717, 1.165) is 55.6 Å². The van der Waals surface area contributed by atoms with Crippen LogP contribution in [0.5, 0.6) is 0 Å². The Balaban J connectivity index is 1.44. The summed E-state index contributed by atoms with van der Waals surface area (Å²) in [5.74, 6) is 0. The largest absolute Gasteiger partial charge is 0.300 e. The van der Waals surface area contributed by atoms with Crippen molar-refractivity contribution in [2.45, 2.75) is 18.9 Å². The van der Waals surface area contributed by atoms with E-state index in [-0.39, 0.29) is 5.54 Å². The number of benzene rings is 1. The molecule has 1 aromatic carbocycles. The van der Waals surface area contributed by atoms with Gasteiger partial charge in [-0.3, -0.25) is 15.0 Å². The smallest absolute Gasteiger partial charge is 0.0855 e. The number of nitrogens with one attached hydrogen (secondary N) is 1. The average molecular weight is 396 g/mol. The normalized spacial score (nSPS) is 18.1. The van der Waals surface area contributed by atoms with Crippen LogP contribution in [-0.4, -0.2) is 57.7 Å². The van der Waals surface area contributed by atoms with Gasteiger partial charge in [0.05, 0.1) is 21.9 Å². The average Bonchev–Trinajstić information content (AvgIpc) is 3.29. The van der Waals surface area contributed by atoms with Gasteiger partial charge in [-0.25, -0.2) is 0 Å². The van der Waals surface area contributed by atoms with Gasteiger partial charge in [-0.2, -0.15) is 5.10 Å². The quantitative estimate of drug-likeness (QED) is 0.693. The third kappa shape index (κ3) is 3.83. The van der Waals surface area contributed by atoms with Crippen LogP contribution in [0.25, 0.3) is 0 Å². The number of H-pyrrole nitrogens is 1. The van der Waals surface area contributed by atoms with Crippen molar-refractivity contribution in [2.24, 2.45) is 0 Å². The molecule has 3 heterocycles. The van der Waals surface area contributed by atoms with E-state index < -0.39 is 0 Å². The van der Waals surface area contributed by atoms with Crippen molar-refractivity contribution in [1.82, 2.24) is 25.0 Å².